The number of hydrogen-bond donors (Lipinski definition) is 0. The van der Waals surface area contributed by atoms with E-state index in [-0.39, 0.29) is 89.2 Å². The van der Waals surface area contributed by atoms with Gasteiger partial charge in [0.2, 0.25) is 0 Å². The number of anilines is 2. The lowest BCUT2D eigenvalue weighted by atomic mass is 9.85. The van der Waals surface area contributed by atoms with Crippen molar-refractivity contribution in [3.05, 3.63) is 179 Å². The molecule has 0 radical (unpaired) electrons. The summed E-state index contributed by atoms with van der Waals surface area (Å²) in [6.07, 6.45) is -21.9. The van der Waals surface area contributed by atoms with Crippen LogP contribution in [0.2, 0.25) is 0 Å². The fourth-order valence-corrected chi connectivity index (χ4v) is 11.7. The van der Waals surface area contributed by atoms with Gasteiger partial charge in [0.05, 0.1) is 36.0 Å². The zero-order valence-corrected chi connectivity index (χ0v) is 55.3. The Morgan fingerprint density at radius 2 is 0.526 bits per heavy atom. The third-order valence-electron chi connectivity index (χ3n) is 18.0. The van der Waals surface area contributed by atoms with E-state index in [4.69, 9.17) is 9.47 Å². The molecule has 10 rings (SSSR count). The monoisotopic (exact) mass is 1680 g/mol. The number of rotatable bonds is 28. The van der Waals surface area contributed by atoms with E-state index in [9.17, 15) is 168 Å². The van der Waals surface area contributed by atoms with E-state index in [1.54, 1.807) is 0 Å². The van der Waals surface area contributed by atoms with Crippen molar-refractivity contribution < 1.29 is 178 Å². The summed E-state index contributed by atoms with van der Waals surface area (Å²) in [6.45, 7) is -2.40. The summed E-state index contributed by atoms with van der Waals surface area (Å²) in [5, 5.41) is 0.906. The van der Waals surface area contributed by atoms with Crippen LogP contribution in [0.3, 0.4) is 0 Å². The quantitative estimate of drug-likeness (QED) is 0.0209. The van der Waals surface area contributed by atoms with Crippen molar-refractivity contribution in [1.82, 2.24) is 0 Å². The number of imide groups is 2. The Morgan fingerprint density at radius 1 is 0.281 bits per heavy atom. The van der Waals surface area contributed by atoms with Gasteiger partial charge in [-0.1, -0.05) is 48.5 Å². The number of aliphatic imine (C=N–C) groups is 2. The van der Waals surface area contributed by atoms with Gasteiger partial charge in [-0.2, -0.15) is 149 Å². The molecule has 2 aliphatic rings. The summed E-state index contributed by atoms with van der Waals surface area (Å²) in [7, 11) is 0. The molecule has 0 spiro atoms. The SMILES string of the molecule is O=C1c2ccc3c4c(ccc(c24)C(=O)N1c1cccc2c(N=Cc4ccc(OCCCC(F)(F)C(F)(F)C(F)(F)C(F)(F)C(F)(F)C(F)(F)C(F)(F)C(F)(F)F)cc4)cccc12)C(=O)N(c1cccc2c(N=Cc4ccc(OCCCC(F)(F)C(F)(F)C(F)(F)C(F)(F)C(F)(F)C(F)(F)C(F)(F)C(F)(F)F)cc4)cccc12)C3=O. The Morgan fingerprint density at radius 3 is 0.798 bits per heavy atom. The van der Waals surface area contributed by atoms with Crippen LogP contribution in [0.1, 0.15) is 78.2 Å². The molecule has 8 aromatic carbocycles. The lowest BCUT2D eigenvalue weighted by molar-refractivity contribution is -0.461. The van der Waals surface area contributed by atoms with Gasteiger partial charge in [-0.05, 0) is 121 Å². The lowest BCUT2D eigenvalue weighted by Crippen LogP contribution is -2.74. The van der Waals surface area contributed by atoms with E-state index >= 15 is 0 Å². The summed E-state index contributed by atoms with van der Waals surface area (Å²) in [4.78, 5) is 69.2. The maximum absolute atomic E-state index is 14.7. The van der Waals surface area contributed by atoms with E-state index in [2.05, 4.69) is 9.98 Å². The van der Waals surface area contributed by atoms with Gasteiger partial charge >= 0.3 is 95.3 Å². The molecule has 0 bridgehead atoms. The Bertz CT molecular complexity index is 4790. The highest BCUT2D eigenvalue weighted by Gasteiger charge is 2.97. The van der Waals surface area contributed by atoms with Crippen LogP contribution in [-0.2, 0) is 0 Å². The average Bonchev–Trinajstić information content (AvgIpc) is 0.699. The molecule has 0 atom stereocenters. The molecule has 0 fully saturated rings. The van der Waals surface area contributed by atoms with Gasteiger partial charge in [0.1, 0.15) is 11.5 Å². The van der Waals surface area contributed by atoms with Gasteiger partial charge in [-0.15, -0.1) is 0 Å². The molecule has 2 aliphatic heterocycles. The van der Waals surface area contributed by atoms with Crippen LogP contribution in [0, 0.1) is 0 Å². The molecular formula is C70H38F34N4O6. The Labute approximate surface area is 612 Å². The highest BCUT2D eigenvalue weighted by atomic mass is 19.4. The first-order valence-corrected chi connectivity index (χ1v) is 31.5. The van der Waals surface area contributed by atoms with Crippen LogP contribution < -0.4 is 19.3 Å². The number of carbonyl (C=O) groups is 4. The van der Waals surface area contributed by atoms with Crippen molar-refractivity contribution in [2.75, 3.05) is 23.0 Å². The maximum atomic E-state index is 14.7. The van der Waals surface area contributed by atoms with Crippen LogP contribution in [-0.4, -0.2) is 145 Å². The zero-order valence-electron chi connectivity index (χ0n) is 55.3. The summed E-state index contributed by atoms with van der Waals surface area (Å²) < 4.78 is 476. The Hall–Kier alpha value is -10.6. The number of alkyl halides is 34. The number of ether oxygens (including phenoxy) is 2. The lowest BCUT2D eigenvalue weighted by Gasteiger charge is -2.42. The normalized spacial score (nSPS) is 15.5. The number of hydrogen-bond acceptors (Lipinski definition) is 8. The molecule has 8 aromatic rings. The predicted octanol–water partition coefficient (Wildman–Crippen LogP) is 22.6. The van der Waals surface area contributed by atoms with Crippen molar-refractivity contribution in [3.63, 3.8) is 0 Å². The molecule has 0 aliphatic carbocycles. The van der Waals surface area contributed by atoms with Crippen LogP contribution in [0.5, 0.6) is 11.5 Å². The molecule has 0 N–H and O–H groups in total. The topological polar surface area (TPSA) is 118 Å². The molecule has 2 heterocycles. The van der Waals surface area contributed by atoms with E-state index in [1.807, 2.05) is 0 Å². The standard InChI is InChI=1S/C70H38F34N4O6/c71-55(72,57(75,76)59(79,80)61(83,84)63(87,88)65(91,92)67(95,96)69(99,100)101)27-5-29-113-35-19-15-33(16-20-35)31-105-45-11-1-9-39-37(45)7-3-13-47(39)107-51(109)41-23-25-43-50-44(26-24-42(49(41)50)52(107)110)54(112)108(53(43)111)48-14-4-8-38-40(48)10-2-12-46(38)106-32-34-17-21-36(22-18-34)114-30-6-28-56(73,74)58(77,78)60(81,82)62(85,86)64(89,90)66(93,94)68(97,98)70(102,103)104/h1-4,7-26,31-32H,5-6,27-30H2. The predicted molar refractivity (Wildman–Crippen MR) is 332 cm³/mol. The van der Waals surface area contributed by atoms with Gasteiger partial charge < -0.3 is 9.47 Å². The smallest absolute Gasteiger partial charge is 0.460 e. The minimum atomic E-state index is -8.76. The molecular weight excluding hydrogens is 1640 g/mol. The zero-order chi connectivity index (χ0) is 85.3. The first kappa shape index (κ1) is 85.8. The number of benzene rings is 8. The van der Waals surface area contributed by atoms with Crippen LogP contribution >= 0.6 is 0 Å². The third kappa shape index (κ3) is 13.1. The minimum absolute atomic E-state index is 0.00801. The van der Waals surface area contributed by atoms with Crippen molar-refractivity contribution in [2.24, 2.45) is 9.98 Å². The van der Waals surface area contributed by atoms with Gasteiger partial charge in [-0.3, -0.25) is 29.2 Å². The fraction of sp³-hybridized carbons (Fsp3) is 0.314. The number of nitrogens with zero attached hydrogens (tertiary/aromatic N) is 4. The number of amides is 4. The molecule has 0 saturated carbocycles. The highest BCUT2D eigenvalue weighted by molar-refractivity contribution is 6.43. The average molecular weight is 1680 g/mol. The second-order valence-corrected chi connectivity index (χ2v) is 25.1. The maximum Gasteiger partial charge on any atom is 0.460 e. The third-order valence-corrected chi connectivity index (χ3v) is 18.0. The second kappa shape index (κ2) is 28.1. The van der Waals surface area contributed by atoms with E-state index in [1.165, 1.54) is 134 Å². The molecule has 0 saturated heterocycles. The molecule has 114 heavy (non-hydrogen) atoms. The number of carbonyl (C=O) groups excluding carboxylic acids is 4. The molecule has 0 unspecified atom stereocenters. The first-order chi connectivity index (χ1) is 52.1. The van der Waals surface area contributed by atoms with Gasteiger partial charge in [0.25, 0.3) is 23.6 Å². The van der Waals surface area contributed by atoms with Crippen LogP contribution in [0.15, 0.2) is 156 Å². The molecule has 0 aromatic heterocycles. The minimum Gasteiger partial charge on any atom is -0.494 e. The van der Waals surface area contributed by atoms with E-state index < -0.39 is 158 Å². The number of fused-ring (bicyclic) bond motifs is 2. The second-order valence-electron chi connectivity index (χ2n) is 25.1. The fourth-order valence-electron chi connectivity index (χ4n) is 11.7. The Balaban J connectivity index is 0.783. The summed E-state index contributed by atoms with van der Waals surface area (Å²) in [5.41, 5.74) is 0.134. The van der Waals surface area contributed by atoms with Crippen molar-refractivity contribution >= 4 is 91.1 Å². The van der Waals surface area contributed by atoms with Gasteiger partial charge in [0.15, 0.2) is 0 Å². The Kier molecular flexibility index (Phi) is 21.2. The first-order valence-electron chi connectivity index (χ1n) is 31.5. The van der Waals surface area contributed by atoms with Crippen molar-refractivity contribution in [3.8, 4) is 11.5 Å². The summed E-state index contributed by atoms with van der Waals surface area (Å²) in [6, 6.07) is 31.7. The number of halogens is 34. The molecule has 44 heteroatoms. The van der Waals surface area contributed by atoms with Gasteiger partial charge in [0, 0.05) is 79.8 Å². The van der Waals surface area contributed by atoms with Gasteiger partial charge in [-0.25, -0.2) is 9.80 Å². The van der Waals surface area contributed by atoms with Crippen molar-refractivity contribution in [2.45, 2.75) is 121 Å². The largest absolute Gasteiger partial charge is 0.494 e. The van der Waals surface area contributed by atoms with Crippen molar-refractivity contribution in [1.29, 1.82) is 0 Å². The highest BCUT2D eigenvalue weighted by Crippen LogP contribution is 2.67. The van der Waals surface area contributed by atoms with Crippen LogP contribution in [0.4, 0.5) is 172 Å². The molecule has 10 nitrogen and oxygen atoms in total. The molecule has 612 valence electrons. The molecule has 4 amide bonds. The van der Waals surface area contributed by atoms with Crippen LogP contribution in [0.25, 0.3) is 32.3 Å². The summed E-state index contributed by atoms with van der Waals surface area (Å²) >= 11 is 0. The van der Waals surface area contributed by atoms with E-state index in [0.717, 1.165) is 34.1 Å². The summed E-state index contributed by atoms with van der Waals surface area (Å²) in [5.74, 6) is -119. The van der Waals surface area contributed by atoms with E-state index in [0.29, 0.717) is 10.8 Å².